The highest BCUT2D eigenvalue weighted by Crippen LogP contribution is 2.66. The van der Waals surface area contributed by atoms with Crippen molar-refractivity contribution in [2.45, 2.75) is 106 Å². The highest BCUT2D eigenvalue weighted by Gasteiger charge is 2.56. The van der Waals surface area contributed by atoms with Crippen molar-refractivity contribution in [2.75, 3.05) is 0 Å². The van der Waals surface area contributed by atoms with Crippen LogP contribution in [0.15, 0.2) is 22.8 Å². The zero-order valence-electron chi connectivity index (χ0n) is 19.9. The quantitative estimate of drug-likeness (QED) is 0.441. The number of Topliss-reactive ketones (excluding diaryl/α,β-unsaturated/α-hetero) is 1. The Morgan fingerprint density at radius 3 is 2.59 bits per heavy atom. The first-order valence-electron chi connectivity index (χ1n) is 12.6. The second-order valence-corrected chi connectivity index (χ2v) is 11.9. The highest BCUT2D eigenvalue weighted by molar-refractivity contribution is 5.82. The molecular weight excluding hydrogens is 352 g/mol. The molecule has 7 atom stereocenters. The number of ketones is 1. The summed E-state index contributed by atoms with van der Waals surface area (Å²) in [5.74, 6) is 3.97. The molecule has 1 heteroatoms. The zero-order chi connectivity index (χ0) is 21.0. The summed E-state index contributed by atoms with van der Waals surface area (Å²) >= 11 is 0. The molecule has 162 valence electrons. The average molecular weight is 397 g/mol. The van der Waals surface area contributed by atoms with Gasteiger partial charge in [0, 0.05) is 12.3 Å². The lowest BCUT2D eigenvalue weighted by Gasteiger charge is -2.55. The van der Waals surface area contributed by atoms with Gasteiger partial charge in [-0.05, 0) is 106 Å². The van der Waals surface area contributed by atoms with E-state index in [1.807, 2.05) is 11.1 Å². The summed E-state index contributed by atoms with van der Waals surface area (Å²) in [6, 6.07) is 0. The van der Waals surface area contributed by atoms with Crippen molar-refractivity contribution in [1.82, 2.24) is 0 Å². The monoisotopic (exact) mass is 396 g/mol. The van der Waals surface area contributed by atoms with Crippen LogP contribution in [0.25, 0.3) is 0 Å². The molecule has 0 N–H and O–H groups in total. The third-order valence-corrected chi connectivity index (χ3v) is 10.2. The van der Waals surface area contributed by atoms with Crippen LogP contribution in [0.2, 0.25) is 0 Å². The van der Waals surface area contributed by atoms with Crippen molar-refractivity contribution in [3.8, 4) is 0 Å². The van der Waals surface area contributed by atoms with E-state index in [9.17, 15) is 4.79 Å². The van der Waals surface area contributed by atoms with Gasteiger partial charge in [0.15, 0.2) is 0 Å². The first-order valence-corrected chi connectivity index (χ1v) is 12.6. The van der Waals surface area contributed by atoms with Gasteiger partial charge in [-0.15, -0.1) is 0 Å². The number of carbonyl (C=O) groups is 1. The summed E-state index contributed by atoms with van der Waals surface area (Å²) in [6.45, 7) is 14.4. The second kappa shape index (κ2) is 7.69. The summed E-state index contributed by atoms with van der Waals surface area (Å²) < 4.78 is 0. The van der Waals surface area contributed by atoms with Gasteiger partial charge in [-0.1, -0.05) is 50.5 Å². The minimum atomic E-state index is 0.280. The second-order valence-electron chi connectivity index (χ2n) is 11.9. The van der Waals surface area contributed by atoms with Crippen molar-refractivity contribution in [3.05, 3.63) is 22.8 Å². The topological polar surface area (TPSA) is 17.1 Å². The van der Waals surface area contributed by atoms with Crippen LogP contribution in [0, 0.1) is 40.4 Å². The maximum Gasteiger partial charge on any atom is 0.136 e. The first kappa shape index (κ1) is 21.4. The minimum Gasteiger partial charge on any atom is -0.299 e. The molecule has 2 fully saturated rings. The maximum absolute atomic E-state index is 12.4. The molecule has 4 aliphatic carbocycles. The third-order valence-electron chi connectivity index (χ3n) is 10.2. The predicted octanol–water partition coefficient (Wildman–Crippen LogP) is 7.91. The Labute approximate surface area is 179 Å². The Bertz CT molecular complexity index is 723. The largest absolute Gasteiger partial charge is 0.299 e. The smallest absolute Gasteiger partial charge is 0.136 e. The lowest BCUT2D eigenvalue weighted by molar-refractivity contribution is -0.130. The lowest BCUT2D eigenvalue weighted by Crippen LogP contribution is -2.47. The van der Waals surface area contributed by atoms with Crippen molar-refractivity contribution in [1.29, 1.82) is 0 Å². The SMILES string of the molecule is CC(C)=CCC[C@@H](C)[C@H]1CC[C@H]2C3=C(CC[C@]12C)[C@@]1(C)CCC(=O)[C@H](C)C1CC3. The van der Waals surface area contributed by atoms with Crippen LogP contribution < -0.4 is 0 Å². The van der Waals surface area contributed by atoms with E-state index in [4.69, 9.17) is 0 Å². The number of fused-ring (bicyclic) bond motifs is 4. The van der Waals surface area contributed by atoms with Crippen molar-refractivity contribution in [3.63, 3.8) is 0 Å². The van der Waals surface area contributed by atoms with E-state index < -0.39 is 0 Å². The molecule has 0 amide bonds. The molecule has 0 radical (unpaired) electrons. The summed E-state index contributed by atoms with van der Waals surface area (Å²) in [5.41, 5.74) is 5.99. The molecule has 0 saturated heterocycles. The molecule has 0 spiro atoms. The molecule has 0 aromatic heterocycles. The van der Waals surface area contributed by atoms with E-state index in [1.54, 1.807) is 0 Å². The molecule has 0 aliphatic heterocycles. The van der Waals surface area contributed by atoms with E-state index in [2.05, 4.69) is 47.6 Å². The van der Waals surface area contributed by atoms with Crippen LogP contribution >= 0.6 is 0 Å². The fraction of sp³-hybridized carbons (Fsp3) is 0.821. The highest BCUT2D eigenvalue weighted by atomic mass is 16.1. The molecule has 0 bridgehead atoms. The van der Waals surface area contributed by atoms with E-state index in [1.165, 1.54) is 56.9 Å². The van der Waals surface area contributed by atoms with E-state index in [0.717, 1.165) is 30.6 Å². The van der Waals surface area contributed by atoms with Crippen LogP contribution in [-0.2, 0) is 4.79 Å². The molecule has 1 nitrogen and oxygen atoms in total. The number of carbonyl (C=O) groups excluding carboxylic acids is 1. The van der Waals surface area contributed by atoms with Crippen LogP contribution in [-0.4, -0.2) is 5.78 Å². The van der Waals surface area contributed by atoms with Crippen molar-refractivity contribution in [2.24, 2.45) is 40.4 Å². The van der Waals surface area contributed by atoms with Crippen LogP contribution in [0.3, 0.4) is 0 Å². The summed E-state index contributed by atoms with van der Waals surface area (Å²) in [6.07, 6.45) is 15.1. The van der Waals surface area contributed by atoms with Crippen LogP contribution in [0.4, 0.5) is 0 Å². The van der Waals surface area contributed by atoms with Gasteiger partial charge in [0.2, 0.25) is 0 Å². The summed E-state index contributed by atoms with van der Waals surface area (Å²) in [5, 5.41) is 0. The van der Waals surface area contributed by atoms with E-state index in [0.29, 0.717) is 22.5 Å². The van der Waals surface area contributed by atoms with E-state index in [-0.39, 0.29) is 5.92 Å². The van der Waals surface area contributed by atoms with E-state index >= 15 is 0 Å². The van der Waals surface area contributed by atoms with Gasteiger partial charge in [0.25, 0.3) is 0 Å². The zero-order valence-corrected chi connectivity index (χ0v) is 19.9. The number of rotatable bonds is 4. The minimum absolute atomic E-state index is 0.280. The summed E-state index contributed by atoms with van der Waals surface area (Å²) in [4.78, 5) is 12.4. The molecule has 0 aromatic rings. The molecule has 1 unspecified atom stereocenters. The van der Waals surface area contributed by atoms with Gasteiger partial charge < -0.3 is 0 Å². The van der Waals surface area contributed by atoms with Gasteiger partial charge in [0.1, 0.15) is 5.78 Å². The van der Waals surface area contributed by atoms with Crippen molar-refractivity contribution >= 4 is 5.78 Å². The molecule has 0 aromatic carbocycles. The molecule has 2 saturated carbocycles. The molecule has 0 heterocycles. The van der Waals surface area contributed by atoms with Crippen LogP contribution in [0.1, 0.15) is 106 Å². The predicted molar refractivity (Wildman–Crippen MR) is 123 cm³/mol. The Morgan fingerprint density at radius 1 is 1.10 bits per heavy atom. The Morgan fingerprint density at radius 2 is 1.86 bits per heavy atom. The number of allylic oxidation sites excluding steroid dienone is 4. The molecule has 29 heavy (non-hydrogen) atoms. The van der Waals surface area contributed by atoms with Gasteiger partial charge in [-0.3, -0.25) is 4.79 Å². The van der Waals surface area contributed by atoms with Gasteiger partial charge in [-0.25, -0.2) is 0 Å². The lowest BCUT2D eigenvalue weighted by atomic mass is 9.49. The molecular formula is C28H44O. The van der Waals surface area contributed by atoms with Crippen molar-refractivity contribution < 1.29 is 4.79 Å². The third kappa shape index (κ3) is 3.39. The Hall–Kier alpha value is -0.850. The Kier molecular flexibility index (Phi) is 5.67. The first-order chi connectivity index (χ1) is 13.7. The Balaban J connectivity index is 1.57. The number of hydrogen-bond acceptors (Lipinski definition) is 1. The number of hydrogen-bond donors (Lipinski definition) is 0. The maximum atomic E-state index is 12.4. The average Bonchev–Trinajstić information content (AvgIpc) is 3.02. The van der Waals surface area contributed by atoms with Gasteiger partial charge in [-0.2, -0.15) is 0 Å². The standard InChI is InChI=1S/C28H44O/c1-18(2)8-7-9-19(3)22-12-13-24-21-10-11-23-20(4)26(29)15-17-28(23,6)25(21)14-16-27(22,24)5/h8,19-20,22-24H,7,9-17H2,1-6H3/t19-,20-,22-,23?,24+,27-,28+/m1/s1. The fourth-order valence-electron chi connectivity index (χ4n) is 8.54. The molecule has 4 aliphatic rings. The van der Waals surface area contributed by atoms with Crippen LogP contribution in [0.5, 0.6) is 0 Å². The molecule has 4 rings (SSSR count). The van der Waals surface area contributed by atoms with Gasteiger partial charge in [0.05, 0.1) is 0 Å². The fourth-order valence-corrected chi connectivity index (χ4v) is 8.54. The summed E-state index contributed by atoms with van der Waals surface area (Å²) in [7, 11) is 0. The van der Waals surface area contributed by atoms with Gasteiger partial charge >= 0.3 is 0 Å². The normalized spacial score (nSPS) is 42.8.